The quantitative estimate of drug-likeness (QED) is 0.135. The summed E-state index contributed by atoms with van der Waals surface area (Å²) in [5.74, 6) is -12.2. The van der Waals surface area contributed by atoms with Crippen LogP contribution >= 0.6 is 0 Å². The second-order valence-corrected chi connectivity index (χ2v) is 10.2. The zero-order valence-electron chi connectivity index (χ0n) is 22.5. The third kappa shape index (κ3) is 7.02. The molecule has 42 heavy (non-hydrogen) atoms. The van der Waals surface area contributed by atoms with Crippen LogP contribution in [0.5, 0.6) is 5.75 Å². The van der Waals surface area contributed by atoms with Crippen molar-refractivity contribution >= 4 is 5.83 Å². The molecule has 4 rings (SSSR count). The molecule has 0 unspecified atom stereocenters. The lowest BCUT2D eigenvalue weighted by Crippen LogP contribution is -2.37. The summed E-state index contributed by atoms with van der Waals surface area (Å²) in [5, 5.41) is 0. The highest BCUT2D eigenvalue weighted by Gasteiger charge is 2.44. The molecule has 1 nitrogen and oxygen atoms in total. The largest absolute Gasteiger partial charge is 0.432 e. The average molecular weight is 599 g/mol. The van der Waals surface area contributed by atoms with E-state index in [1.165, 1.54) is 12.1 Å². The van der Waals surface area contributed by atoms with Crippen LogP contribution in [0.2, 0.25) is 0 Å². The van der Waals surface area contributed by atoms with Crippen molar-refractivity contribution in [3.05, 3.63) is 107 Å². The molecule has 224 valence electrons. The molecule has 0 N–H and O–H groups in total. The molecule has 1 aliphatic rings. The van der Waals surface area contributed by atoms with Crippen LogP contribution in [0, 0.1) is 35.0 Å². The van der Waals surface area contributed by atoms with E-state index in [-0.39, 0.29) is 24.3 Å². The number of hydrogen-bond acceptors (Lipinski definition) is 1. The van der Waals surface area contributed by atoms with E-state index in [0.717, 1.165) is 18.1 Å². The maximum absolute atomic E-state index is 15.0. The summed E-state index contributed by atoms with van der Waals surface area (Å²) < 4.78 is 133. The van der Waals surface area contributed by atoms with Crippen LogP contribution in [0.4, 0.5) is 39.5 Å². The van der Waals surface area contributed by atoms with E-state index in [4.69, 9.17) is 4.74 Å². The first kappa shape index (κ1) is 31.3. The van der Waals surface area contributed by atoms with Gasteiger partial charge in [-0.25, -0.2) is 30.7 Å². The van der Waals surface area contributed by atoms with Gasteiger partial charge in [0.25, 0.3) is 0 Å². The number of hydrogen-bond donors (Lipinski definition) is 0. The number of ether oxygens (including phenoxy) is 1. The summed E-state index contributed by atoms with van der Waals surface area (Å²) in [5.41, 5.74) is -0.740. The Kier molecular flexibility index (Phi) is 9.74. The number of alkyl halides is 2. The molecule has 1 saturated carbocycles. The molecule has 0 atom stereocenters. The Morgan fingerprint density at radius 3 is 1.95 bits per heavy atom. The minimum absolute atomic E-state index is 0.0156. The van der Waals surface area contributed by atoms with E-state index in [2.05, 4.69) is 0 Å². The third-order valence-electron chi connectivity index (χ3n) is 7.31. The first-order chi connectivity index (χ1) is 19.9. The van der Waals surface area contributed by atoms with Crippen LogP contribution in [0.3, 0.4) is 0 Å². The highest BCUT2D eigenvalue weighted by molar-refractivity contribution is 5.66. The van der Waals surface area contributed by atoms with Gasteiger partial charge in [-0.15, -0.1) is 0 Å². The van der Waals surface area contributed by atoms with Crippen LogP contribution in [0.25, 0.3) is 17.0 Å². The summed E-state index contributed by atoms with van der Waals surface area (Å²) in [6.45, 7) is 1.91. The summed E-state index contributed by atoms with van der Waals surface area (Å²) in [7, 11) is 0. The number of allylic oxidation sites excluding steroid dienone is 3. The Morgan fingerprint density at radius 2 is 1.40 bits per heavy atom. The average Bonchev–Trinajstić information content (AvgIpc) is 2.95. The Balaban J connectivity index is 1.41. The smallest absolute Gasteiger partial charge is 0.400 e. The van der Waals surface area contributed by atoms with Gasteiger partial charge in [0.1, 0.15) is 17.4 Å². The van der Waals surface area contributed by atoms with Crippen molar-refractivity contribution in [1.29, 1.82) is 0 Å². The molecule has 0 spiro atoms. The Bertz CT molecular complexity index is 1420. The SMILES string of the molecule is CCC/C=C/C(F)=C(\F)c1ccc(C2CCC(C(F)(F)Oc3cc(F)c(-c4cc(F)c(F)c(F)c4)c(F)c3)CC2)cc1. The zero-order chi connectivity index (χ0) is 30.6. The fourth-order valence-electron chi connectivity index (χ4n) is 5.05. The van der Waals surface area contributed by atoms with Gasteiger partial charge < -0.3 is 4.74 Å². The second kappa shape index (κ2) is 13.1. The molecule has 0 radical (unpaired) electrons. The normalized spacial score (nSPS) is 18.3. The number of rotatable bonds is 9. The van der Waals surface area contributed by atoms with Gasteiger partial charge in [-0.2, -0.15) is 8.78 Å². The van der Waals surface area contributed by atoms with E-state index < -0.39 is 69.6 Å². The van der Waals surface area contributed by atoms with E-state index in [9.17, 15) is 39.5 Å². The summed E-state index contributed by atoms with van der Waals surface area (Å²) in [6, 6.07) is 7.83. The van der Waals surface area contributed by atoms with Crippen LogP contribution < -0.4 is 4.74 Å². The van der Waals surface area contributed by atoms with Crippen molar-refractivity contribution in [2.75, 3.05) is 0 Å². The lowest BCUT2D eigenvalue weighted by Gasteiger charge is -2.33. The molecule has 0 aromatic heterocycles. The molecule has 0 heterocycles. The van der Waals surface area contributed by atoms with Crippen molar-refractivity contribution in [3.63, 3.8) is 0 Å². The van der Waals surface area contributed by atoms with Gasteiger partial charge in [-0.05, 0) is 67.4 Å². The zero-order valence-corrected chi connectivity index (χ0v) is 22.5. The Morgan fingerprint density at radius 1 is 0.833 bits per heavy atom. The number of unbranched alkanes of at least 4 members (excludes halogenated alkanes) is 1. The molecule has 0 saturated heterocycles. The molecule has 0 aliphatic heterocycles. The Labute approximate surface area is 237 Å². The number of halogens is 9. The highest BCUT2D eigenvalue weighted by Crippen LogP contribution is 2.44. The van der Waals surface area contributed by atoms with Crippen molar-refractivity contribution in [2.45, 2.75) is 57.5 Å². The van der Waals surface area contributed by atoms with Gasteiger partial charge in [0.2, 0.25) is 0 Å². The van der Waals surface area contributed by atoms with E-state index in [0.29, 0.717) is 43.5 Å². The molecule has 3 aromatic rings. The monoisotopic (exact) mass is 598 g/mol. The van der Waals surface area contributed by atoms with Crippen LogP contribution in [-0.4, -0.2) is 6.11 Å². The van der Waals surface area contributed by atoms with Crippen molar-refractivity contribution in [3.8, 4) is 16.9 Å². The minimum atomic E-state index is -3.79. The molecule has 0 amide bonds. The van der Waals surface area contributed by atoms with E-state index in [1.807, 2.05) is 6.92 Å². The molecule has 1 aliphatic carbocycles. The first-order valence-electron chi connectivity index (χ1n) is 13.4. The van der Waals surface area contributed by atoms with Gasteiger partial charge in [0.05, 0.1) is 11.5 Å². The van der Waals surface area contributed by atoms with Gasteiger partial charge in [-0.1, -0.05) is 43.7 Å². The van der Waals surface area contributed by atoms with Crippen LogP contribution in [0.1, 0.15) is 62.5 Å². The fourth-order valence-corrected chi connectivity index (χ4v) is 5.05. The maximum Gasteiger partial charge on any atom is 0.400 e. The third-order valence-corrected chi connectivity index (χ3v) is 7.31. The van der Waals surface area contributed by atoms with Crippen molar-refractivity contribution in [2.24, 2.45) is 5.92 Å². The molecular weight excluding hydrogens is 571 g/mol. The standard InChI is InChI=1S/C32H27F9O/c1-2-3-4-5-24(33)30(38)20-8-6-18(7-9-20)19-10-12-22(13-11-19)32(40,41)42-23-16-25(34)29(26(35)17-23)21-14-27(36)31(39)28(37)15-21/h4-9,14-17,19,22H,2-3,10-13H2,1H3/b5-4+,30-24+. The maximum atomic E-state index is 15.0. The van der Waals surface area contributed by atoms with Gasteiger partial charge in [0, 0.05) is 17.7 Å². The lowest BCUT2D eigenvalue weighted by molar-refractivity contribution is -0.222. The topological polar surface area (TPSA) is 9.23 Å². The number of benzene rings is 3. The van der Waals surface area contributed by atoms with Crippen molar-refractivity contribution < 1.29 is 44.3 Å². The van der Waals surface area contributed by atoms with Gasteiger partial charge in [0.15, 0.2) is 29.1 Å². The van der Waals surface area contributed by atoms with Crippen LogP contribution in [-0.2, 0) is 0 Å². The van der Waals surface area contributed by atoms with Gasteiger partial charge in [-0.3, -0.25) is 0 Å². The lowest BCUT2D eigenvalue weighted by atomic mass is 9.78. The molecule has 1 fully saturated rings. The molecule has 0 bridgehead atoms. The predicted molar refractivity (Wildman–Crippen MR) is 142 cm³/mol. The predicted octanol–water partition coefficient (Wildman–Crippen LogP) is 11.0. The molecule has 10 heteroatoms. The van der Waals surface area contributed by atoms with Gasteiger partial charge >= 0.3 is 6.11 Å². The summed E-state index contributed by atoms with van der Waals surface area (Å²) in [4.78, 5) is 0. The first-order valence-corrected chi connectivity index (χ1v) is 13.4. The van der Waals surface area contributed by atoms with Crippen LogP contribution in [0.15, 0.2) is 66.5 Å². The minimum Gasteiger partial charge on any atom is -0.432 e. The summed E-state index contributed by atoms with van der Waals surface area (Å²) >= 11 is 0. The molecule has 3 aromatic carbocycles. The van der Waals surface area contributed by atoms with E-state index >= 15 is 0 Å². The second-order valence-electron chi connectivity index (χ2n) is 10.2. The fraction of sp³-hybridized carbons (Fsp3) is 0.312. The van der Waals surface area contributed by atoms with Crippen molar-refractivity contribution in [1.82, 2.24) is 0 Å². The summed E-state index contributed by atoms with van der Waals surface area (Å²) in [6.07, 6.45) is 0.953. The van der Waals surface area contributed by atoms with E-state index in [1.54, 1.807) is 18.2 Å². The molecular formula is C32H27F9O. The Hall–Kier alpha value is -3.69. The highest BCUT2D eigenvalue weighted by atomic mass is 19.3.